The predicted octanol–water partition coefficient (Wildman–Crippen LogP) is 0.405. The molecule has 0 fully saturated rings. The summed E-state index contributed by atoms with van der Waals surface area (Å²) in [5.41, 5.74) is 5.25. The highest BCUT2D eigenvalue weighted by molar-refractivity contribution is 8.13. The van der Waals surface area contributed by atoms with Gasteiger partial charge in [0.15, 0.2) is 0 Å². The lowest BCUT2D eigenvalue weighted by Gasteiger charge is -2.19. The Labute approximate surface area is 83.3 Å². The van der Waals surface area contributed by atoms with Crippen molar-refractivity contribution in [1.29, 1.82) is 0 Å². The molecule has 0 aliphatic rings. The van der Waals surface area contributed by atoms with E-state index in [1.54, 1.807) is 0 Å². The van der Waals surface area contributed by atoms with Crippen molar-refractivity contribution in [3.05, 3.63) is 0 Å². The van der Waals surface area contributed by atoms with Crippen LogP contribution in [0.4, 0.5) is 4.79 Å². The van der Waals surface area contributed by atoms with Gasteiger partial charge in [0.1, 0.15) is 0 Å². The quantitative estimate of drug-likeness (QED) is 0.609. The minimum Gasteiger partial charge on any atom is -0.394 e. The van der Waals surface area contributed by atoms with Gasteiger partial charge in [-0.15, -0.1) is 0 Å². The van der Waals surface area contributed by atoms with Gasteiger partial charge in [-0.25, -0.2) is 0 Å². The third-order valence-corrected chi connectivity index (χ3v) is 2.48. The first kappa shape index (κ1) is 12.7. The lowest BCUT2D eigenvalue weighted by molar-refractivity contribution is 0.209. The third kappa shape index (κ3) is 5.90. The number of thioether (sulfide) groups is 1. The van der Waals surface area contributed by atoms with E-state index >= 15 is 0 Å². The van der Waals surface area contributed by atoms with Crippen LogP contribution in [0.5, 0.6) is 0 Å². The van der Waals surface area contributed by atoms with Crippen LogP contribution in [0.1, 0.15) is 13.8 Å². The standard InChI is InChI=1S/C8H18N2O2S/c1-6(2)7(5-11)10-8(12)13-4-3-9/h6-7,11H,3-5,9H2,1-2H3,(H,10,12). The smallest absolute Gasteiger partial charge is 0.279 e. The zero-order chi connectivity index (χ0) is 10.3. The van der Waals surface area contributed by atoms with Gasteiger partial charge in [-0.1, -0.05) is 25.6 Å². The second-order valence-corrected chi connectivity index (χ2v) is 4.17. The van der Waals surface area contributed by atoms with E-state index in [1.165, 1.54) is 0 Å². The summed E-state index contributed by atoms with van der Waals surface area (Å²) in [4.78, 5) is 11.2. The molecule has 0 spiro atoms. The highest BCUT2D eigenvalue weighted by Crippen LogP contribution is 2.05. The molecule has 0 saturated carbocycles. The molecule has 0 aliphatic carbocycles. The molecule has 1 atom stereocenters. The summed E-state index contributed by atoms with van der Waals surface area (Å²) in [6.07, 6.45) is 0. The van der Waals surface area contributed by atoms with Crippen LogP contribution in [0.25, 0.3) is 0 Å². The van der Waals surface area contributed by atoms with Gasteiger partial charge in [0.05, 0.1) is 12.6 Å². The van der Waals surface area contributed by atoms with Gasteiger partial charge in [0, 0.05) is 12.3 Å². The van der Waals surface area contributed by atoms with Crippen molar-refractivity contribution < 1.29 is 9.90 Å². The second-order valence-electron chi connectivity index (χ2n) is 3.10. The van der Waals surface area contributed by atoms with E-state index in [1.807, 2.05) is 13.8 Å². The van der Waals surface area contributed by atoms with Gasteiger partial charge in [-0.05, 0) is 5.92 Å². The van der Waals surface area contributed by atoms with Crippen LogP contribution in [0.2, 0.25) is 0 Å². The summed E-state index contributed by atoms with van der Waals surface area (Å²) in [6.45, 7) is 4.37. The normalized spacial score (nSPS) is 13.0. The lowest BCUT2D eigenvalue weighted by Crippen LogP contribution is -2.39. The molecule has 1 amide bonds. The molecule has 13 heavy (non-hydrogen) atoms. The summed E-state index contributed by atoms with van der Waals surface area (Å²) in [5.74, 6) is 0.856. The molecule has 0 aliphatic heterocycles. The first-order valence-corrected chi connectivity index (χ1v) is 5.34. The Morgan fingerprint density at radius 3 is 2.62 bits per heavy atom. The van der Waals surface area contributed by atoms with E-state index in [-0.39, 0.29) is 23.8 Å². The number of nitrogens with one attached hydrogen (secondary N) is 1. The fraction of sp³-hybridized carbons (Fsp3) is 0.875. The molecule has 0 aromatic rings. The van der Waals surface area contributed by atoms with E-state index in [4.69, 9.17) is 10.8 Å². The number of hydrogen-bond acceptors (Lipinski definition) is 4. The number of nitrogens with two attached hydrogens (primary N) is 1. The number of aliphatic hydroxyl groups is 1. The van der Waals surface area contributed by atoms with Crippen molar-refractivity contribution in [3.8, 4) is 0 Å². The Kier molecular flexibility index (Phi) is 7.03. The molecule has 4 nitrogen and oxygen atoms in total. The van der Waals surface area contributed by atoms with E-state index in [9.17, 15) is 4.79 Å². The maximum atomic E-state index is 11.2. The van der Waals surface area contributed by atoms with Crippen LogP contribution in [-0.4, -0.2) is 35.3 Å². The zero-order valence-electron chi connectivity index (χ0n) is 8.12. The molecule has 0 aromatic carbocycles. The van der Waals surface area contributed by atoms with Crippen LogP contribution < -0.4 is 11.1 Å². The summed E-state index contributed by atoms with van der Waals surface area (Å²) in [6, 6.07) is -0.155. The van der Waals surface area contributed by atoms with Gasteiger partial charge in [0.25, 0.3) is 5.24 Å². The predicted molar refractivity (Wildman–Crippen MR) is 55.8 cm³/mol. The SMILES string of the molecule is CC(C)C(CO)NC(=O)SCCN. The topological polar surface area (TPSA) is 75.3 Å². The molecular weight excluding hydrogens is 188 g/mol. The van der Waals surface area contributed by atoms with Crippen molar-refractivity contribution in [2.45, 2.75) is 19.9 Å². The Morgan fingerprint density at radius 2 is 2.23 bits per heavy atom. The zero-order valence-corrected chi connectivity index (χ0v) is 8.93. The second kappa shape index (κ2) is 7.17. The summed E-state index contributed by atoms with van der Waals surface area (Å²) >= 11 is 1.15. The number of hydrogen-bond donors (Lipinski definition) is 3. The Bertz CT molecular complexity index is 153. The van der Waals surface area contributed by atoms with Gasteiger partial charge in [0.2, 0.25) is 0 Å². The highest BCUT2D eigenvalue weighted by atomic mass is 32.2. The molecule has 78 valence electrons. The number of rotatable bonds is 5. The average molecular weight is 206 g/mol. The maximum Gasteiger partial charge on any atom is 0.279 e. The largest absolute Gasteiger partial charge is 0.394 e. The Balaban J connectivity index is 3.73. The van der Waals surface area contributed by atoms with Crippen molar-refractivity contribution in [2.75, 3.05) is 18.9 Å². The van der Waals surface area contributed by atoms with Crippen LogP contribution in [0, 0.1) is 5.92 Å². The number of amides is 1. The Hall–Kier alpha value is -0.260. The highest BCUT2D eigenvalue weighted by Gasteiger charge is 2.14. The third-order valence-electron chi connectivity index (χ3n) is 1.66. The number of carbonyl (C=O) groups is 1. The van der Waals surface area contributed by atoms with Gasteiger partial charge in [-0.2, -0.15) is 0 Å². The minimum absolute atomic E-state index is 0.0212. The molecule has 0 heterocycles. The van der Waals surface area contributed by atoms with Crippen molar-refractivity contribution in [1.82, 2.24) is 5.32 Å². The summed E-state index contributed by atoms with van der Waals surface area (Å²) in [5, 5.41) is 11.5. The van der Waals surface area contributed by atoms with Crippen molar-refractivity contribution in [2.24, 2.45) is 11.7 Å². The van der Waals surface area contributed by atoms with E-state index in [0.29, 0.717) is 12.3 Å². The van der Waals surface area contributed by atoms with Crippen LogP contribution in [0.15, 0.2) is 0 Å². The first-order valence-electron chi connectivity index (χ1n) is 4.36. The fourth-order valence-corrected chi connectivity index (χ4v) is 1.31. The molecule has 5 heteroatoms. The summed E-state index contributed by atoms with van der Waals surface area (Å²) in [7, 11) is 0. The minimum atomic E-state index is -0.155. The monoisotopic (exact) mass is 206 g/mol. The maximum absolute atomic E-state index is 11.2. The van der Waals surface area contributed by atoms with Crippen LogP contribution in [0.3, 0.4) is 0 Å². The van der Waals surface area contributed by atoms with Crippen LogP contribution >= 0.6 is 11.8 Å². The lowest BCUT2D eigenvalue weighted by atomic mass is 10.1. The number of aliphatic hydroxyl groups excluding tert-OH is 1. The van der Waals surface area contributed by atoms with Crippen molar-refractivity contribution >= 4 is 17.0 Å². The van der Waals surface area contributed by atoms with Crippen molar-refractivity contribution in [3.63, 3.8) is 0 Å². The van der Waals surface area contributed by atoms with Gasteiger partial charge < -0.3 is 16.2 Å². The van der Waals surface area contributed by atoms with E-state index < -0.39 is 0 Å². The van der Waals surface area contributed by atoms with Crippen LogP contribution in [-0.2, 0) is 0 Å². The molecule has 4 N–H and O–H groups in total. The molecular formula is C8H18N2O2S. The van der Waals surface area contributed by atoms with E-state index in [2.05, 4.69) is 5.32 Å². The molecule has 0 bridgehead atoms. The average Bonchev–Trinajstić information content (AvgIpc) is 2.10. The molecule has 0 aromatic heterocycles. The fourth-order valence-electron chi connectivity index (χ4n) is 0.768. The first-order chi connectivity index (χ1) is 6.11. The van der Waals surface area contributed by atoms with E-state index in [0.717, 1.165) is 11.8 Å². The summed E-state index contributed by atoms with van der Waals surface area (Å²) < 4.78 is 0. The van der Waals surface area contributed by atoms with Gasteiger partial charge in [-0.3, -0.25) is 4.79 Å². The molecule has 0 radical (unpaired) electrons. The Morgan fingerprint density at radius 1 is 1.62 bits per heavy atom. The molecule has 0 rings (SSSR count). The molecule has 0 saturated heterocycles. The molecule has 1 unspecified atom stereocenters. The van der Waals surface area contributed by atoms with Gasteiger partial charge >= 0.3 is 0 Å². The number of carbonyl (C=O) groups excluding carboxylic acids is 1.